The summed E-state index contributed by atoms with van der Waals surface area (Å²) in [5, 5.41) is 29.8. The molecule has 1 aliphatic heterocycles. The fourth-order valence-electron chi connectivity index (χ4n) is 2.77. The molecule has 9 heteroatoms. The van der Waals surface area contributed by atoms with Gasteiger partial charge < -0.3 is 25.8 Å². The van der Waals surface area contributed by atoms with E-state index < -0.39 is 30.1 Å². The van der Waals surface area contributed by atoms with Gasteiger partial charge in [-0.1, -0.05) is 0 Å². The van der Waals surface area contributed by atoms with Crippen LogP contribution in [0.4, 0.5) is 5.82 Å². The van der Waals surface area contributed by atoms with Gasteiger partial charge in [0, 0.05) is 6.42 Å². The lowest BCUT2D eigenvalue weighted by Crippen LogP contribution is -2.34. The lowest BCUT2D eigenvalue weighted by atomic mass is 10.1. The van der Waals surface area contributed by atoms with Crippen LogP contribution in [0.5, 0.6) is 0 Å². The number of hydrogen-bond acceptors (Lipinski definition) is 8. The minimum Gasteiger partial charge on any atom is -0.390 e. The first-order valence-electron chi connectivity index (χ1n) is 6.19. The number of rotatable bonds is 1. The maximum atomic E-state index is 10.1. The van der Waals surface area contributed by atoms with Crippen LogP contribution in [0.15, 0.2) is 12.7 Å². The Bertz CT molecular complexity index is 691. The van der Waals surface area contributed by atoms with E-state index in [2.05, 4.69) is 15.0 Å². The molecule has 106 valence electrons. The third-order valence-corrected chi connectivity index (χ3v) is 4.03. The lowest BCUT2D eigenvalue weighted by molar-refractivity contribution is -0.0633. The topological polar surface area (TPSA) is 140 Å². The van der Waals surface area contributed by atoms with E-state index in [0.717, 1.165) is 0 Å². The van der Waals surface area contributed by atoms with Crippen LogP contribution < -0.4 is 5.73 Å². The van der Waals surface area contributed by atoms with Crippen LogP contribution in [0.25, 0.3) is 11.2 Å². The molecule has 1 spiro atoms. The summed E-state index contributed by atoms with van der Waals surface area (Å²) in [7, 11) is 0. The van der Waals surface area contributed by atoms with Crippen molar-refractivity contribution in [2.75, 3.05) is 5.73 Å². The zero-order chi connectivity index (χ0) is 14.1. The Morgan fingerprint density at radius 1 is 1.30 bits per heavy atom. The minimum absolute atomic E-state index is 0.225. The van der Waals surface area contributed by atoms with Crippen molar-refractivity contribution in [2.45, 2.75) is 36.6 Å². The van der Waals surface area contributed by atoms with Crippen LogP contribution in [0.2, 0.25) is 0 Å². The zero-order valence-corrected chi connectivity index (χ0v) is 10.3. The van der Waals surface area contributed by atoms with E-state index in [1.807, 2.05) is 0 Å². The standard InChI is InChI=1S/C11H13N5O4/c12-8-5-9(14-2-13-8)16(3-15-5)10-6(18)7(19)11(20-10)1-4(11)17/h2-4,6-7,10,17-19H,1H2,(H2,12,13,14)/t4-,6-,7?,10?,11+/m0/s1. The molecule has 4 rings (SSSR count). The van der Waals surface area contributed by atoms with E-state index in [1.54, 1.807) is 0 Å². The van der Waals surface area contributed by atoms with Crippen molar-refractivity contribution < 1.29 is 20.1 Å². The van der Waals surface area contributed by atoms with Crippen molar-refractivity contribution in [3.05, 3.63) is 12.7 Å². The Hall–Kier alpha value is -1.81. The summed E-state index contributed by atoms with van der Waals surface area (Å²) >= 11 is 0. The number of nitrogen functional groups attached to an aromatic ring is 1. The molecule has 1 saturated heterocycles. The van der Waals surface area contributed by atoms with Gasteiger partial charge in [-0.15, -0.1) is 0 Å². The quantitative estimate of drug-likeness (QED) is 0.477. The van der Waals surface area contributed by atoms with Crippen molar-refractivity contribution in [1.29, 1.82) is 0 Å². The Morgan fingerprint density at radius 3 is 2.70 bits per heavy atom. The molecule has 2 fully saturated rings. The monoisotopic (exact) mass is 279 g/mol. The molecule has 2 aliphatic rings. The van der Waals surface area contributed by atoms with E-state index in [9.17, 15) is 15.3 Å². The number of hydrogen-bond donors (Lipinski definition) is 4. The molecule has 0 radical (unpaired) electrons. The molecule has 5 atom stereocenters. The van der Waals surface area contributed by atoms with E-state index >= 15 is 0 Å². The summed E-state index contributed by atoms with van der Waals surface area (Å²) in [5.74, 6) is 0.225. The lowest BCUT2D eigenvalue weighted by Gasteiger charge is -2.16. The predicted molar refractivity (Wildman–Crippen MR) is 65.2 cm³/mol. The van der Waals surface area contributed by atoms with Crippen molar-refractivity contribution >= 4 is 17.0 Å². The second kappa shape index (κ2) is 3.64. The average molecular weight is 279 g/mol. The fourth-order valence-corrected chi connectivity index (χ4v) is 2.77. The van der Waals surface area contributed by atoms with Gasteiger partial charge in [-0.25, -0.2) is 15.0 Å². The van der Waals surface area contributed by atoms with Gasteiger partial charge in [0.15, 0.2) is 17.7 Å². The smallest absolute Gasteiger partial charge is 0.167 e. The van der Waals surface area contributed by atoms with Crippen molar-refractivity contribution in [3.8, 4) is 0 Å². The largest absolute Gasteiger partial charge is 0.390 e. The van der Waals surface area contributed by atoms with Crippen molar-refractivity contribution in [1.82, 2.24) is 19.5 Å². The molecule has 2 aromatic heterocycles. The number of aliphatic hydroxyl groups is 3. The third kappa shape index (κ3) is 1.32. The number of fused-ring (bicyclic) bond motifs is 1. The van der Waals surface area contributed by atoms with E-state index in [-0.39, 0.29) is 5.82 Å². The van der Waals surface area contributed by atoms with Crippen LogP contribution in [0.1, 0.15) is 12.6 Å². The summed E-state index contributed by atoms with van der Waals surface area (Å²) in [6, 6.07) is 0. The maximum absolute atomic E-state index is 10.1. The molecule has 1 aliphatic carbocycles. The molecule has 9 nitrogen and oxygen atoms in total. The number of nitrogens with two attached hydrogens (primary N) is 1. The highest BCUT2D eigenvalue weighted by Gasteiger charge is 2.69. The Morgan fingerprint density at radius 2 is 2.05 bits per heavy atom. The summed E-state index contributed by atoms with van der Waals surface area (Å²) in [6.45, 7) is 0. The Kier molecular flexibility index (Phi) is 2.18. The van der Waals surface area contributed by atoms with E-state index in [1.165, 1.54) is 17.2 Å². The molecule has 1 saturated carbocycles. The van der Waals surface area contributed by atoms with Crippen LogP contribution in [0, 0.1) is 0 Å². The van der Waals surface area contributed by atoms with Crippen LogP contribution in [0.3, 0.4) is 0 Å². The van der Waals surface area contributed by atoms with Gasteiger partial charge in [0.1, 0.15) is 29.7 Å². The molecule has 0 bridgehead atoms. The summed E-state index contributed by atoms with van der Waals surface area (Å²) in [5.41, 5.74) is 5.42. The Labute approximate surface area is 112 Å². The molecule has 5 N–H and O–H groups in total. The maximum Gasteiger partial charge on any atom is 0.167 e. The van der Waals surface area contributed by atoms with Crippen LogP contribution in [-0.2, 0) is 4.74 Å². The molecule has 0 aromatic carbocycles. The fraction of sp³-hybridized carbons (Fsp3) is 0.545. The number of imidazole rings is 1. The van der Waals surface area contributed by atoms with Gasteiger partial charge in [-0.05, 0) is 0 Å². The molecule has 0 amide bonds. The van der Waals surface area contributed by atoms with E-state index in [0.29, 0.717) is 17.6 Å². The van der Waals surface area contributed by atoms with Gasteiger partial charge in [-0.3, -0.25) is 4.57 Å². The zero-order valence-electron chi connectivity index (χ0n) is 10.3. The molecular weight excluding hydrogens is 266 g/mol. The number of aromatic nitrogens is 4. The van der Waals surface area contributed by atoms with Gasteiger partial charge in [0.2, 0.25) is 0 Å². The molecule has 2 aromatic rings. The van der Waals surface area contributed by atoms with E-state index in [4.69, 9.17) is 10.5 Å². The van der Waals surface area contributed by atoms with Gasteiger partial charge in [0.05, 0.1) is 12.4 Å². The Balaban J connectivity index is 1.79. The van der Waals surface area contributed by atoms with Crippen LogP contribution in [-0.4, -0.2) is 58.8 Å². The second-order valence-electron chi connectivity index (χ2n) is 5.20. The highest BCUT2D eigenvalue weighted by Crippen LogP contribution is 2.53. The number of nitrogens with zero attached hydrogens (tertiary/aromatic N) is 4. The van der Waals surface area contributed by atoms with Gasteiger partial charge in [0.25, 0.3) is 0 Å². The van der Waals surface area contributed by atoms with Crippen molar-refractivity contribution in [2.24, 2.45) is 0 Å². The minimum atomic E-state index is -1.18. The summed E-state index contributed by atoms with van der Waals surface area (Å²) in [4.78, 5) is 12.0. The molecular formula is C11H13N5O4. The summed E-state index contributed by atoms with van der Waals surface area (Å²) < 4.78 is 7.15. The average Bonchev–Trinajstić information content (AvgIpc) is 2.80. The molecule has 2 unspecified atom stereocenters. The van der Waals surface area contributed by atoms with Crippen LogP contribution >= 0.6 is 0 Å². The van der Waals surface area contributed by atoms with Gasteiger partial charge in [-0.2, -0.15) is 0 Å². The molecule has 20 heavy (non-hydrogen) atoms. The second-order valence-corrected chi connectivity index (χ2v) is 5.20. The highest BCUT2D eigenvalue weighted by atomic mass is 16.6. The number of aliphatic hydroxyl groups excluding tert-OH is 3. The van der Waals surface area contributed by atoms with Crippen molar-refractivity contribution in [3.63, 3.8) is 0 Å². The SMILES string of the molecule is Nc1ncnc2c1ncn2C1O[C@@]2(C[C@@H]2O)C(O)[C@@H]1O. The highest BCUT2D eigenvalue weighted by molar-refractivity contribution is 5.81. The molecule has 3 heterocycles. The predicted octanol–water partition coefficient (Wildman–Crippen LogP) is -1.84. The number of ether oxygens (including phenoxy) is 1. The number of anilines is 1. The van der Waals surface area contributed by atoms with Gasteiger partial charge >= 0.3 is 0 Å². The first-order valence-corrected chi connectivity index (χ1v) is 6.19. The third-order valence-electron chi connectivity index (χ3n) is 4.03. The first-order chi connectivity index (χ1) is 9.54. The first kappa shape index (κ1) is 12.0. The normalized spacial score (nSPS) is 39.8. The summed E-state index contributed by atoms with van der Waals surface area (Å²) in [6.07, 6.45) is -0.974.